The van der Waals surface area contributed by atoms with Crippen molar-refractivity contribution in [1.82, 2.24) is 4.98 Å². The van der Waals surface area contributed by atoms with E-state index >= 15 is 0 Å². The van der Waals surface area contributed by atoms with Crippen LogP contribution in [0.3, 0.4) is 0 Å². The van der Waals surface area contributed by atoms with Crippen molar-refractivity contribution in [2.75, 3.05) is 0 Å². The molecule has 1 fully saturated rings. The van der Waals surface area contributed by atoms with Crippen LogP contribution in [0.5, 0.6) is 5.19 Å². The molecule has 0 atom stereocenters. The number of thiazole rings is 1. The fourth-order valence-corrected chi connectivity index (χ4v) is 2.70. The van der Waals surface area contributed by atoms with Gasteiger partial charge < -0.3 is 14.0 Å². The smallest absolute Gasteiger partial charge is 0.467 e. The molecule has 0 saturated carbocycles. The summed E-state index contributed by atoms with van der Waals surface area (Å²) >= 11 is 1.54. The summed E-state index contributed by atoms with van der Waals surface area (Å²) in [7, 11) is -0.411. The first kappa shape index (κ1) is 14.8. The zero-order chi connectivity index (χ0) is 14.4. The molecule has 106 valence electrons. The average Bonchev–Trinajstić information content (AvgIpc) is 2.64. The van der Waals surface area contributed by atoms with E-state index in [4.69, 9.17) is 14.0 Å². The molecule has 1 aliphatic heterocycles. The molecule has 0 amide bonds. The number of nitrogens with zero attached hydrogens (tertiary/aromatic N) is 1. The van der Waals surface area contributed by atoms with Crippen molar-refractivity contribution in [3.8, 4) is 5.19 Å². The van der Waals surface area contributed by atoms with Crippen LogP contribution in [-0.4, -0.2) is 29.4 Å². The Morgan fingerprint density at radius 3 is 2.16 bits per heavy atom. The van der Waals surface area contributed by atoms with Gasteiger partial charge in [-0.25, -0.2) is 4.98 Å². The number of ether oxygens (including phenoxy) is 1. The van der Waals surface area contributed by atoms with E-state index in [1.807, 2.05) is 48.5 Å². The molecule has 0 spiro atoms. The van der Waals surface area contributed by atoms with Gasteiger partial charge in [0.25, 0.3) is 5.19 Å². The van der Waals surface area contributed by atoms with Gasteiger partial charge in [-0.05, 0) is 48.5 Å². The lowest BCUT2D eigenvalue weighted by Gasteiger charge is -2.32. The van der Waals surface area contributed by atoms with Gasteiger partial charge in [0.15, 0.2) is 0 Å². The predicted octanol–water partition coefficient (Wildman–Crippen LogP) is 2.54. The highest BCUT2D eigenvalue weighted by Gasteiger charge is 2.53. The third-order valence-corrected chi connectivity index (χ3v) is 4.50. The molecule has 0 radical (unpaired) electrons. The third kappa shape index (κ3) is 2.80. The van der Waals surface area contributed by atoms with Crippen LogP contribution in [0.15, 0.2) is 0 Å². The number of hydrogen-bond acceptors (Lipinski definition) is 5. The van der Waals surface area contributed by atoms with Gasteiger partial charge in [0.1, 0.15) is 0 Å². The highest BCUT2D eigenvalue weighted by molar-refractivity contribution is 7.14. The Kier molecular flexibility index (Phi) is 3.71. The van der Waals surface area contributed by atoms with Crippen LogP contribution in [0.25, 0.3) is 0 Å². The third-order valence-electron chi connectivity index (χ3n) is 3.63. The maximum absolute atomic E-state index is 6.02. The van der Waals surface area contributed by atoms with Gasteiger partial charge in [-0.15, -0.1) is 0 Å². The molecule has 4 nitrogen and oxygen atoms in total. The largest absolute Gasteiger partial charge is 0.515 e. The standard InChI is InChI=1S/C13H22BNO3S/c1-8(2)16-11-15-10(9(3)19-11)14-17-12(4,5)13(6,7)18-14/h8H,1-7H3. The predicted molar refractivity (Wildman–Crippen MR) is 78.3 cm³/mol. The second-order valence-electron chi connectivity index (χ2n) is 6.18. The Morgan fingerprint density at radius 2 is 1.68 bits per heavy atom. The molecule has 1 saturated heterocycles. The normalized spacial score (nSPS) is 21.2. The fraction of sp³-hybridized carbons (Fsp3) is 0.769. The first-order valence-electron chi connectivity index (χ1n) is 6.62. The van der Waals surface area contributed by atoms with E-state index in [9.17, 15) is 0 Å². The lowest BCUT2D eigenvalue weighted by molar-refractivity contribution is 0.00578. The van der Waals surface area contributed by atoms with E-state index in [1.54, 1.807) is 0 Å². The van der Waals surface area contributed by atoms with Gasteiger partial charge >= 0.3 is 7.12 Å². The number of aromatic nitrogens is 1. The summed E-state index contributed by atoms with van der Waals surface area (Å²) in [5.74, 6) is 0. The first-order valence-corrected chi connectivity index (χ1v) is 7.43. The highest BCUT2D eigenvalue weighted by atomic mass is 32.1. The van der Waals surface area contributed by atoms with Crippen molar-refractivity contribution in [1.29, 1.82) is 0 Å². The average molecular weight is 283 g/mol. The van der Waals surface area contributed by atoms with E-state index < -0.39 is 7.12 Å². The highest BCUT2D eigenvalue weighted by Crippen LogP contribution is 2.37. The van der Waals surface area contributed by atoms with E-state index in [-0.39, 0.29) is 17.3 Å². The topological polar surface area (TPSA) is 40.6 Å². The summed E-state index contributed by atoms with van der Waals surface area (Å²) < 4.78 is 17.7. The van der Waals surface area contributed by atoms with E-state index in [1.165, 1.54) is 11.3 Å². The van der Waals surface area contributed by atoms with Gasteiger partial charge in [-0.3, -0.25) is 0 Å². The van der Waals surface area contributed by atoms with Gasteiger partial charge in [0, 0.05) is 4.88 Å². The van der Waals surface area contributed by atoms with Crippen LogP contribution in [0.4, 0.5) is 0 Å². The Labute approximate surface area is 119 Å². The summed E-state index contributed by atoms with van der Waals surface area (Å²) in [6, 6.07) is 0. The van der Waals surface area contributed by atoms with Crippen LogP contribution >= 0.6 is 11.3 Å². The molecule has 0 unspecified atom stereocenters. The zero-order valence-corrected chi connectivity index (χ0v) is 13.6. The van der Waals surface area contributed by atoms with Gasteiger partial charge in [-0.1, -0.05) is 11.3 Å². The monoisotopic (exact) mass is 283 g/mol. The minimum atomic E-state index is -0.411. The van der Waals surface area contributed by atoms with Crippen LogP contribution in [0.2, 0.25) is 0 Å². The van der Waals surface area contributed by atoms with Crippen LogP contribution < -0.4 is 10.3 Å². The molecule has 1 aromatic heterocycles. The van der Waals surface area contributed by atoms with Gasteiger partial charge in [-0.2, -0.15) is 0 Å². The molecule has 1 aromatic rings. The minimum absolute atomic E-state index is 0.122. The molecule has 0 aromatic carbocycles. The van der Waals surface area contributed by atoms with E-state index in [0.29, 0.717) is 5.19 Å². The second-order valence-corrected chi connectivity index (χ2v) is 7.34. The van der Waals surface area contributed by atoms with Crippen LogP contribution in [-0.2, 0) is 9.31 Å². The molecular formula is C13H22BNO3S. The molecule has 1 aliphatic rings. The molecule has 0 bridgehead atoms. The van der Waals surface area contributed by atoms with E-state index in [2.05, 4.69) is 4.98 Å². The summed E-state index contributed by atoms with van der Waals surface area (Å²) in [6.07, 6.45) is 0.122. The Balaban J connectivity index is 2.22. The van der Waals surface area contributed by atoms with Gasteiger partial charge in [0.2, 0.25) is 0 Å². The summed E-state index contributed by atoms with van der Waals surface area (Å²) in [6.45, 7) is 14.2. The van der Waals surface area contributed by atoms with Crippen molar-refractivity contribution in [2.24, 2.45) is 0 Å². The SMILES string of the molecule is Cc1sc(OC(C)C)nc1B1OC(C)(C)C(C)(C)O1. The summed E-state index contributed by atoms with van der Waals surface area (Å²) in [5, 5.41) is 0.678. The zero-order valence-electron chi connectivity index (χ0n) is 12.7. The Morgan fingerprint density at radius 1 is 1.16 bits per heavy atom. The minimum Gasteiger partial charge on any atom is -0.467 e. The lowest BCUT2D eigenvalue weighted by Crippen LogP contribution is -2.41. The van der Waals surface area contributed by atoms with Crippen molar-refractivity contribution in [2.45, 2.75) is 65.8 Å². The molecule has 6 heteroatoms. The molecule has 0 N–H and O–H groups in total. The Hall–Kier alpha value is -0.585. The summed E-state index contributed by atoms with van der Waals surface area (Å²) in [5.41, 5.74) is 0.152. The van der Waals surface area contributed by atoms with Crippen LogP contribution in [0, 0.1) is 6.92 Å². The van der Waals surface area contributed by atoms with Gasteiger partial charge in [0.05, 0.1) is 22.9 Å². The number of hydrogen-bond donors (Lipinski definition) is 0. The fourth-order valence-electron chi connectivity index (χ4n) is 1.81. The Bertz CT molecular complexity index is 454. The second kappa shape index (κ2) is 4.75. The molecule has 2 rings (SSSR count). The molecule has 19 heavy (non-hydrogen) atoms. The summed E-state index contributed by atoms with van der Waals surface area (Å²) in [4.78, 5) is 5.59. The van der Waals surface area contributed by atoms with Crippen molar-refractivity contribution >= 4 is 24.0 Å². The maximum Gasteiger partial charge on any atom is 0.515 e. The van der Waals surface area contributed by atoms with E-state index in [0.717, 1.165) is 10.5 Å². The lowest BCUT2D eigenvalue weighted by atomic mass is 9.84. The molecule has 2 heterocycles. The van der Waals surface area contributed by atoms with Crippen LogP contribution in [0.1, 0.15) is 46.4 Å². The molecular weight excluding hydrogens is 261 g/mol. The van der Waals surface area contributed by atoms with Crippen molar-refractivity contribution < 1.29 is 14.0 Å². The van der Waals surface area contributed by atoms with Crippen molar-refractivity contribution in [3.63, 3.8) is 0 Å². The quantitative estimate of drug-likeness (QED) is 0.799. The first-order chi connectivity index (χ1) is 8.62. The van der Waals surface area contributed by atoms with Crippen molar-refractivity contribution in [3.05, 3.63) is 4.88 Å². The molecule has 0 aliphatic carbocycles. The number of rotatable bonds is 3. The maximum atomic E-state index is 6.02. The number of aryl methyl sites for hydroxylation is 1.